The van der Waals surface area contributed by atoms with Crippen molar-refractivity contribution in [2.45, 2.75) is 13.0 Å². The van der Waals surface area contributed by atoms with E-state index in [1.807, 2.05) is 0 Å². The summed E-state index contributed by atoms with van der Waals surface area (Å²) < 4.78 is 35.3. The summed E-state index contributed by atoms with van der Waals surface area (Å²) in [5.74, 6) is 0.333. The van der Waals surface area contributed by atoms with Gasteiger partial charge in [-0.05, 0) is 48.5 Å². The molecule has 1 aliphatic rings. The van der Waals surface area contributed by atoms with E-state index in [1.165, 1.54) is 12.1 Å². The van der Waals surface area contributed by atoms with E-state index in [0.29, 0.717) is 51.1 Å². The molecule has 0 aliphatic carbocycles. The molecule has 0 saturated carbocycles. The van der Waals surface area contributed by atoms with Crippen molar-refractivity contribution >= 4 is 17.0 Å². The largest absolute Gasteiger partial charge is 0.490 e. The van der Waals surface area contributed by atoms with Gasteiger partial charge in [0, 0.05) is 36.2 Å². The molecule has 9 nitrogen and oxygen atoms in total. The Labute approximate surface area is 234 Å². The first-order valence-electron chi connectivity index (χ1n) is 12.8. The number of nitriles is 1. The fourth-order valence-corrected chi connectivity index (χ4v) is 4.74. The van der Waals surface area contributed by atoms with Gasteiger partial charge in [-0.1, -0.05) is 12.1 Å². The lowest BCUT2D eigenvalue weighted by atomic mass is 10.0. The molecule has 1 N–H and O–H groups in total. The molecule has 2 aromatic heterocycles. The van der Waals surface area contributed by atoms with Crippen LogP contribution in [0.15, 0.2) is 66.7 Å². The van der Waals surface area contributed by atoms with Crippen molar-refractivity contribution in [3.8, 4) is 34.7 Å². The Balaban J connectivity index is 1.39. The molecule has 5 aromatic rings. The van der Waals surface area contributed by atoms with Gasteiger partial charge in [0.1, 0.15) is 43.0 Å². The molecule has 0 amide bonds. The van der Waals surface area contributed by atoms with Gasteiger partial charge in [0.25, 0.3) is 0 Å². The first-order valence-corrected chi connectivity index (χ1v) is 12.8. The quantitative estimate of drug-likeness (QED) is 0.322. The number of carboxylic acid groups (broad SMARTS) is 1. The van der Waals surface area contributed by atoms with Crippen LogP contribution in [0, 0.1) is 17.1 Å². The number of aryl methyl sites for hydroxylation is 1. The maximum atomic E-state index is 15.6. The number of aromatic nitrogens is 3. The molecule has 0 spiro atoms. The smallest absolute Gasteiger partial charge is 0.335 e. The minimum Gasteiger partial charge on any atom is -0.490 e. The van der Waals surface area contributed by atoms with Crippen molar-refractivity contribution in [3.63, 3.8) is 0 Å². The van der Waals surface area contributed by atoms with Crippen LogP contribution in [0.5, 0.6) is 17.4 Å². The third-order valence-corrected chi connectivity index (χ3v) is 6.89. The summed E-state index contributed by atoms with van der Waals surface area (Å²) in [6.07, 6.45) is 0.228. The van der Waals surface area contributed by atoms with E-state index in [9.17, 15) is 15.2 Å². The van der Waals surface area contributed by atoms with Crippen LogP contribution >= 0.6 is 0 Å². The summed E-state index contributed by atoms with van der Waals surface area (Å²) in [4.78, 5) is 20.6. The van der Waals surface area contributed by atoms with Gasteiger partial charge in [-0.3, -0.25) is 0 Å². The monoisotopic (exact) mass is 550 g/mol. The number of rotatable bonds is 3. The molecule has 3 aromatic carbocycles. The van der Waals surface area contributed by atoms with Gasteiger partial charge >= 0.3 is 5.97 Å². The van der Waals surface area contributed by atoms with E-state index in [1.54, 1.807) is 66.2 Å². The van der Waals surface area contributed by atoms with E-state index in [0.717, 1.165) is 5.56 Å². The molecule has 0 fully saturated rings. The molecule has 6 rings (SSSR count). The van der Waals surface area contributed by atoms with E-state index in [2.05, 4.69) is 16.0 Å². The number of hydrogen-bond donors (Lipinski definition) is 1. The predicted molar refractivity (Wildman–Crippen MR) is 147 cm³/mol. The SMILES string of the molecule is Cn1c(Cc2cc(F)c3cc2OCCOc2cc(C#N)ccc2COc2cccc-3n2)nc2ccc(C(=O)O)cc21. The molecule has 3 heterocycles. The number of ether oxygens (including phenoxy) is 3. The highest BCUT2D eigenvalue weighted by Crippen LogP contribution is 2.33. The number of carboxylic acids is 1. The van der Waals surface area contributed by atoms with E-state index in [-0.39, 0.29) is 37.4 Å². The summed E-state index contributed by atoms with van der Waals surface area (Å²) in [5, 5.41) is 18.7. The zero-order valence-electron chi connectivity index (χ0n) is 21.9. The van der Waals surface area contributed by atoms with Crippen molar-refractivity contribution < 1.29 is 28.5 Å². The molecule has 10 heteroatoms. The van der Waals surface area contributed by atoms with E-state index in [4.69, 9.17) is 14.2 Å². The average Bonchev–Trinajstić information content (AvgIpc) is 3.29. The lowest BCUT2D eigenvalue weighted by Crippen LogP contribution is -2.13. The number of imidazole rings is 1. The highest BCUT2D eigenvalue weighted by atomic mass is 19.1. The third kappa shape index (κ3) is 5.13. The second kappa shape index (κ2) is 10.6. The van der Waals surface area contributed by atoms with Gasteiger partial charge in [0.05, 0.1) is 33.9 Å². The number of halogens is 1. The number of pyridine rings is 1. The van der Waals surface area contributed by atoms with Crippen LogP contribution in [0.3, 0.4) is 0 Å². The molecule has 0 atom stereocenters. The molecule has 0 saturated heterocycles. The summed E-state index contributed by atoms with van der Waals surface area (Å²) >= 11 is 0. The van der Waals surface area contributed by atoms with E-state index >= 15 is 4.39 Å². The van der Waals surface area contributed by atoms with Crippen molar-refractivity contribution in [2.75, 3.05) is 13.2 Å². The Morgan fingerprint density at radius 1 is 1.02 bits per heavy atom. The Hall–Kier alpha value is -5.43. The Bertz CT molecular complexity index is 1860. The topological polar surface area (TPSA) is 119 Å². The van der Waals surface area contributed by atoms with Crippen molar-refractivity contribution in [1.82, 2.24) is 14.5 Å². The molecule has 1 aliphatic heterocycles. The molecule has 4 bridgehead atoms. The summed E-state index contributed by atoms with van der Waals surface area (Å²) in [7, 11) is 1.79. The fourth-order valence-electron chi connectivity index (χ4n) is 4.74. The summed E-state index contributed by atoms with van der Waals surface area (Å²) in [6, 6.07) is 20.1. The van der Waals surface area contributed by atoms with Crippen molar-refractivity contribution in [3.05, 3.63) is 101 Å². The lowest BCUT2D eigenvalue weighted by molar-refractivity contribution is 0.0697. The highest BCUT2D eigenvalue weighted by molar-refractivity contribution is 5.92. The Morgan fingerprint density at radius 3 is 2.66 bits per heavy atom. The number of fused-ring (bicyclic) bond motifs is 7. The lowest BCUT2D eigenvalue weighted by Gasteiger charge is -2.17. The number of aromatic carboxylic acids is 1. The van der Waals surface area contributed by atoms with Crippen molar-refractivity contribution in [2.24, 2.45) is 7.05 Å². The first-order chi connectivity index (χ1) is 19.9. The molecule has 41 heavy (non-hydrogen) atoms. The minimum atomic E-state index is -1.03. The maximum absolute atomic E-state index is 15.6. The normalized spacial score (nSPS) is 12.7. The van der Waals surface area contributed by atoms with Crippen LogP contribution in [0.1, 0.15) is 32.9 Å². The number of nitrogens with zero attached hydrogens (tertiary/aromatic N) is 4. The minimum absolute atomic E-state index is 0.146. The third-order valence-electron chi connectivity index (χ3n) is 6.89. The van der Waals surface area contributed by atoms with Gasteiger partial charge in [-0.15, -0.1) is 0 Å². The molecule has 0 unspecified atom stereocenters. The van der Waals surface area contributed by atoms with Crippen LogP contribution in [0.4, 0.5) is 4.39 Å². The van der Waals surface area contributed by atoms with E-state index < -0.39 is 11.8 Å². The number of carbonyl (C=O) groups is 1. The molecule has 204 valence electrons. The molecular weight excluding hydrogens is 527 g/mol. The molecule has 0 radical (unpaired) electrons. The predicted octanol–water partition coefficient (Wildman–Crippen LogP) is 5.29. The van der Waals surface area contributed by atoms with Crippen molar-refractivity contribution in [1.29, 1.82) is 5.26 Å². The van der Waals surface area contributed by atoms with Crippen LogP contribution in [-0.2, 0) is 20.1 Å². The van der Waals surface area contributed by atoms with Crippen LogP contribution in [0.25, 0.3) is 22.3 Å². The molecular formula is C31H23FN4O5. The average molecular weight is 551 g/mol. The summed E-state index contributed by atoms with van der Waals surface area (Å²) in [6.45, 7) is 0.464. The second-order valence-corrected chi connectivity index (χ2v) is 9.49. The van der Waals surface area contributed by atoms with Crippen LogP contribution in [-0.4, -0.2) is 38.8 Å². The van der Waals surface area contributed by atoms with Gasteiger partial charge < -0.3 is 23.9 Å². The van der Waals surface area contributed by atoms with Gasteiger partial charge in [0.15, 0.2) is 0 Å². The maximum Gasteiger partial charge on any atom is 0.335 e. The summed E-state index contributed by atoms with van der Waals surface area (Å²) in [5.41, 5.74) is 3.80. The van der Waals surface area contributed by atoms with Gasteiger partial charge in [-0.2, -0.15) is 5.26 Å². The van der Waals surface area contributed by atoms with Gasteiger partial charge in [0.2, 0.25) is 5.88 Å². The highest BCUT2D eigenvalue weighted by Gasteiger charge is 2.19. The fraction of sp³-hybridized carbons (Fsp3) is 0.161. The standard InChI is InChI=1S/C31H23FN4O5/c1-36-26-13-19(31(37)38)7-8-25(26)34-29(36)14-21-12-23(32)22-15-28(21)40-10-9-39-27-11-18(16-33)5-6-20(27)17-41-30-4-2-3-24(22)35-30/h2-8,11-13,15H,9-10,14,17H2,1H3,(H,37,38). The number of hydrogen-bond acceptors (Lipinski definition) is 7. The Morgan fingerprint density at radius 2 is 1.85 bits per heavy atom. The van der Waals surface area contributed by atoms with Crippen LogP contribution in [0.2, 0.25) is 0 Å². The number of benzene rings is 3. The second-order valence-electron chi connectivity index (χ2n) is 9.49. The zero-order chi connectivity index (χ0) is 28.5. The Kier molecular flexibility index (Phi) is 6.69. The van der Waals surface area contributed by atoms with Crippen LogP contribution < -0.4 is 14.2 Å². The zero-order valence-corrected chi connectivity index (χ0v) is 21.9. The van der Waals surface area contributed by atoms with Gasteiger partial charge in [-0.25, -0.2) is 19.2 Å². The first kappa shape index (κ1) is 25.8.